The Labute approximate surface area is 148 Å². The zero-order valence-corrected chi connectivity index (χ0v) is 15.2. The summed E-state index contributed by atoms with van der Waals surface area (Å²) in [7, 11) is 1.57. The van der Waals surface area contributed by atoms with E-state index in [0.717, 1.165) is 5.56 Å². The highest BCUT2D eigenvalue weighted by molar-refractivity contribution is 5.72. The van der Waals surface area contributed by atoms with E-state index in [1.807, 2.05) is 30.3 Å². The van der Waals surface area contributed by atoms with E-state index in [4.69, 9.17) is 9.47 Å². The minimum absolute atomic E-state index is 0.154. The molecule has 0 aromatic heterocycles. The van der Waals surface area contributed by atoms with Crippen LogP contribution in [0.25, 0.3) is 0 Å². The van der Waals surface area contributed by atoms with Gasteiger partial charge in [0, 0.05) is 7.05 Å². The molecule has 1 N–H and O–H groups in total. The van der Waals surface area contributed by atoms with Crippen LogP contribution in [0, 0.1) is 0 Å². The topological polar surface area (TPSA) is 79.3 Å². The van der Waals surface area contributed by atoms with Crippen molar-refractivity contribution in [3.63, 3.8) is 0 Å². The molecular weight excluding hydrogens is 324 g/mol. The number of ether oxygens (including phenoxy) is 2. The second-order valence-electron chi connectivity index (χ2n) is 7.32. The molecule has 25 heavy (non-hydrogen) atoms. The van der Waals surface area contributed by atoms with Crippen molar-refractivity contribution >= 4 is 12.2 Å². The molecule has 0 unspecified atom stereocenters. The third kappa shape index (κ3) is 4.63. The number of hydrogen-bond acceptors (Lipinski definition) is 5. The summed E-state index contributed by atoms with van der Waals surface area (Å²) in [5.41, 5.74) is -0.550. The summed E-state index contributed by atoms with van der Waals surface area (Å²) in [5.74, 6) is 0. The van der Waals surface area contributed by atoms with E-state index in [2.05, 4.69) is 0 Å². The molecule has 7 heteroatoms. The number of aliphatic hydroxyl groups is 1. The monoisotopic (exact) mass is 350 g/mol. The van der Waals surface area contributed by atoms with Crippen LogP contribution >= 0.6 is 0 Å². The molecule has 0 atom stereocenters. The fourth-order valence-corrected chi connectivity index (χ4v) is 2.55. The number of hydrogen-bond donors (Lipinski definition) is 1. The zero-order chi connectivity index (χ0) is 18.7. The highest BCUT2D eigenvalue weighted by atomic mass is 16.6. The lowest BCUT2D eigenvalue weighted by molar-refractivity contribution is -0.0739. The second-order valence-corrected chi connectivity index (χ2v) is 7.32. The van der Waals surface area contributed by atoms with Gasteiger partial charge in [-0.1, -0.05) is 30.3 Å². The quantitative estimate of drug-likeness (QED) is 0.901. The van der Waals surface area contributed by atoms with Gasteiger partial charge in [0.15, 0.2) is 0 Å². The number of nitrogens with zero attached hydrogens (tertiary/aromatic N) is 2. The molecule has 1 aromatic carbocycles. The Balaban J connectivity index is 1.90. The van der Waals surface area contributed by atoms with Crippen LogP contribution in [0.3, 0.4) is 0 Å². The number of benzene rings is 1. The van der Waals surface area contributed by atoms with E-state index in [1.54, 1.807) is 27.8 Å². The van der Waals surface area contributed by atoms with Crippen LogP contribution < -0.4 is 0 Å². The Morgan fingerprint density at radius 2 is 1.84 bits per heavy atom. The molecule has 1 saturated heterocycles. The summed E-state index contributed by atoms with van der Waals surface area (Å²) in [6, 6.07) is 9.35. The summed E-state index contributed by atoms with van der Waals surface area (Å²) in [5, 5.41) is 9.74. The SMILES string of the molecule is CN(C(=O)OCc1ccccc1)C1(CO)CN(C(=O)OC(C)(C)C)C1. The zero-order valence-electron chi connectivity index (χ0n) is 15.2. The molecule has 1 aliphatic rings. The summed E-state index contributed by atoms with van der Waals surface area (Å²) >= 11 is 0. The summed E-state index contributed by atoms with van der Waals surface area (Å²) in [6.07, 6.45) is -0.996. The van der Waals surface area contributed by atoms with Gasteiger partial charge in [0.2, 0.25) is 0 Å². The van der Waals surface area contributed by atoms with Gasteiger partial charge in [-0.15, -0.1) is 0 Å². The Hall–Kier alpha value is -2.28. The Morgan fingerprint density at radius 1 is 1.24 bits per heavy atom. The lowest BCUT2D eigenvalue weighted by atomic mass is 9.89. The van der Waals surface area contributed by atoms with Gasteiger partial charge in [0.05, 0.1) is 19.7 Å². The average molecular weight is 350 g/mol. The van der Waals surface area contributed by atoms with Gasteiger partial charge in [-0.3, -0.25) is 4.90 Å². The van der Waals surface area contributed by atoms with Gasteiger partial charge in [0.25, 0.3) is 0 Å². The maximum absolute atomic E-state index is 12.3. The minimum Gasteiger partial charge on any atom is -0.445 e. The predicted molar refractivity (Wildman–Crippen MR) is 92.0 cm³/mol. The van der Waals surface area contributed by atoms with Crippen molar-refractivity contribution in [2.75, 3.05) is 26.7 Å². The molecule has 0 spiro atoms. The lowest BCUT2D eigenvalue weighted by Crippen LogP contribution is -2.73. The molecule has 138 valence electrons. The van der Waals surface area contributed by atoms with Crippen LogP contribution in [0.15, 0.2) is 30.3 Å². The first-order valence-corrected chi connectivity index (χ1v) is 8.20. The molecule has 7 nitrogen and oxygen atoms in total. The third-order valence-electron chi connectivity index (χ3n) is 4.11. The van der Waals surface area contributed by atoms with Gasteiger partial charge in [-0.2, -0.15) is 0 Å². The Bertz CT molecular complexity index is 606. The highest BCUT2D eigenvalue weighted by Gasteiger charge is 2.51. The van der Waals surface area contributed by atoms with E-state index in [1.165, 1.54) is 9.80 Å². The Kier molecular flexibility index (Phi) is 5.57. The summed E-state index contributed by atoms with van der Waals surface area (Å²) < 4.78 is 10.6. The van der Waals surface area contributed by atoms with Gasteiger partial charge >= 0.3 is 12.2 Å². The molecular formula is C18H26N2O5. The van der Waals surface area contributed by atoms with Crippen LogP contribution in [0.4, 0.5) is 9.59 Å². The number of likely N-dealkylation sites (N-methyl/N-ethyl adjacent to an activating group) is 1. The van der Waals surface area contributed by atoms with Crippen LogP contribution in [0.2, 0.25) is 0 Å². The van der Waals surface area contributed by atoms with Crippen molar-refractivity contribution in [2.45, 2.75) is 38.5 Å². The van der Waals surface area contributed by atoms with Crippen LogP contribution in [-0.2, 0) is 16.1 Å². The fraction of sp³-hybridized carbons (Fsp3) is 0.556. The van der Waals surface area contributed by atoms with Crippen molar-refractivity contribution in [1.82, 2.24) is 9.80 Å². The van der Waals surface area contributed by atoms with E-state index < -0.39 is 23.3 Å². The molecule has 1 fully saturated rings. The predicted octanol–water partition coefficient (Wildman–Crippen LogP) is 2.24. The normalized spacial score (nSPS) is 16.0. The third-order valence-corrected chi connectivity index (χ3v) is 4.11. The fourth-order valence-electron chi connectivity index (χ4n) is 2.55. The number of carbonyl (C=O) groups is 2. The van der Waals surface area contributed by atoms with Crippen LogP contribution in [0.5, 0.6) is 0 Å². The second kappa shape index (κ2) is 7.31. The van der Waals surface area contributed by atoms with E-state index in [9.17, 15) is 14.7 Å². The number of likely N-dealkylation sites (tertiary alicyclic amines) is 1. The van der Waals surface area contributed by atoms with Gasteiger partial charge in [-0.25, -0.2) is 9.59 Å². The van der Waals surface area contributed by atoms with Crippen LogP contribution in [-0.4, -0.2) is 65.0 Å². The molecule has 2 rings (SSSR count). The summed E-state index contributed by atoms with van der Waals surface area (Å²) in [6.45, 7) is 5.67. The molecule has 1 heterocycles. The van der Waals surface area contributed by atoms with Gasteiger partial charge < -0.3 is 19.5 Å². The highest BCUT2D eigenvalue weighted by Crippen LogP contribution is 2.29. The first kappa shape index (κ1) is 19.1. The summed E-state index contributed by atoms with van der Waals surface area (Å²) in [4.78, 5) is 27.1. The van der Waals surface area contributed by atoms with E-state index in [-0.39, 0.29) is 26.3 Å². The number of aliphatic hydroxyl groups excluding tert-OH is 1. The average Bonchev–Trinajstić information content (AvgIpc) is 2.51. The van der Waals surface area contributed by atoms with Crippen molar-refractivity contribution in [2.24, 2.45) is 0 Å². The number of carbonyl (C=O) groups excluding carboxylic acids is 2. The smallest absolute Gasteiger partial charge is 0.410 e. The maximum Gasteiger partial charge on any atom is 0.410 e. The van der Waals surface area contributed by atoms with E-state index >= 15 is 0 Å². The molecule has 1 aromatic rings. The van der Waals surface area contributed by atoms with Crippen molar-refractivity contribution in [1.29, 1.82) is 0 Å². The minimum atomic E-state index is -0.843. The maximum atomic E-state index is 12.3. The molecule has 0 saturated carbocycles. The van der Waals surface area contributed by atoms with Crippen molar-refractivity contribution in [3.05, 3.63) is 35.9 Å². The largest absolute Gasteiger partial charge is 0.445 e. The standard InChI is InChI=1S/C18H26N2O5/c1-17(2,3)25-16(23)20-11-18(12-20,13-21)19(4)15(22)24-10-14-8-6-5-7-9-14/h5-9,21H,10-13H2,1-4H3. The van der Waals surface area contributed by atoms with Gasteiger partial charge in [0.1, 0.15) is 17.7 Å². The Morgan fingerprint density at radius 3 is 2.36 bits per heavy atom. The molecule has 0 bridgehead atoms. The van der Waals surface area contributed by atoms with Crippen molar-refractivity contribution < 1.29 is 24.2 Å². The van der Waals surface area contributed by atoms with Crippen LogP contribution in [0.1, 0.15) is 26.3 Å². The molecule has 2 amide bonds. The number of amides is 2. The number of rotatable bonds is 4. The molecule has 1 aliphatic heterocycles. The lowest BCUT2D eigenvalue weighted by Gasteiger charge is -2.52. The first-order chi connectivity index (χ1) is 11.7. The molecule has 0 radical (unpaired) electrons. The van der Waals surface area contributed by atoms with Gasteiger partial charge in [-0.05, 0) is 26.3 Å². The van der Waals surface area contributed by atoms with E-state index in [0.29, 0.717) is 0 Å². The van der Waals surface area contributed by atoms with Crippen molar-refractivity contribution in [3.8, 4) is 0 Å². The molecule has 0 aliphatic carbocycles. The first-order valence-electron chi connectivity index (χ1n) is 8.20.